The molecule has 3 N–H and O–H groups in total. The van der Waals surface area contributed by atoms with Crippen LogP contribution in [0.4, 0.5) is 0 Å². The van der Waals surface area contributed by atoms with Crippen LogP contribution in [0, 0.1) is 0 Å². The summed E-state index contributed by atoms with van der Waals surface area (Å²) < 4.78 is 0. The van der Waals surface area contributed by atoms with E-state index in [9.17, 15) is 4.79 Å². The fourth-order valence-corrected chi connectivity index (χ4v) is 2.99. The Hall–Kier alpha value is -1.06. The van der Waals surface area contributed by atoms with Crippen LogP contribution in [-0.2, 0) is 4.79 Å². The van der Waals surface area contributed by atoms with E-state index >= 15 is 0 Å². The molecule has 4 heteroatoms. The van der Waals surface area contributed by atoms with Gasteiger partial charge in [-0.15, -0.1) is 12.4 Å². The fourth-order valence-electron chi connectivity index (χ4n) is 2.99. The Morgan fingerprint density at radius 3 is 2.25 bits per heavy atom. The van der Waals surface area contributed by atoms with Gasteiger partial charge in [-0.3, -0.25) is 4.79 Å². The largest absolute Gasteiger partial charge is 0.352 e. The van der Waals surface area contributed by atoms with E-state index < -0.39 is 5.54 Å². The van der Waals surface area contributed by atoms with Crippen LogP contribution in [0.15, 0.2) is 30.3 Å². The highest BCUT2D eigenvalue weighted by atomic mass is 35.5. The van der Waals surface area contributed by atoms with Gasteiger partial charge >= 0.3 is 0 Å². The number of carbonyl (C=O) groups is 1. The summed E-state index contributed by atoms with van der Waals surface area (Å²) in [5, 5.41) is 3.13. The Balaban J connectivity index is 0.00000147. The van der Waals surface area contributed by atoms with E-state index in [1.54, 1.807) is 0 Å². The Morgan fingerprint density at radius 1 is 1.10 bits per heavy atom. The molecular formula is C16H23ClN2O. The number of amides is 1. The molecule has 1 amide bonds. The van der Waals surface area contributed by atoms with Gasteiger partial charge in [-0.25, -0.2) is 0 Å². The molecule has 2 aliphatic carbocycles. The van der Waals surface area contributed by atoms with Crippen molar-refractivity contribution in [1.82, 2.24) is 5.32 Å². The summed E-state index contributed by atoms with van der Waals surface area (Å²) in [4.78, 5) is 11.9. The lowest BCUT2D eigenvalue weighted by Crippen LogP contribution is -2.47. The van der Waals surface area contributed by atoms with Crippen LogP contribution in [0.1, 0.15) is 50.0 Å². The molecule has 2 aliphatic rings. The van der Waals surface area contributed by atoms with E-state index in [4.69, 9.17) is 5.73 Å². The van der Waals surface area contributed by atoms with Gasteiger partial charge in [0.15, 0.2) is 0 Å². The number of hydrogen-bond donors (Lipinski definition) is 2. The molecule has 0 bridgehead atoms. The van der Waals surface area contributed by atoms with Crippen LogP contribution < -0.4 is 11.1 Å². The molecule has 3 nitrogen and oxygen atoms in total. The molecule has 2 fully saturated rings. The zero-order valence-corrected chi connectivity index (χ0v) is 12.5. The second-order valence-corrected chi connectivity index (χ2v) is 6.09. The van der Waals surface area contributed by atoms with E-state index in [0.717, 1.165) is 38.5 Å². The first kappa shape index (κ1) is 15.3. The van der Waals surface area contributed by atoms with Crippen molar-refractivity contribution in [2.24, 2.45) is 5.73 Å². The van der Waals surface area contributed by atoms with Gasteiger partial charge in [-0.05, 0) is 50.0 Å². The number of halogens is 1. The Kier molecular flexibility index (Phi) is 4.71. The minimum Gasteiger partial charge on any atom is -0.352 e. The number of benzene rings is 1. The van der Waals surface area contributed by atoms with Gasteiger partial charge in [0, 0.05) is 6.04 Å². The highest BCUT2D eigenvalue weighted by Crippen LogP contribution is 2.35. The Morgan fingerprint density at radius 2 is 1.70 bits per heavy atom. The second kappa shape index (κ2) is 6.15. The molecule has 0 unspecified atom stereocenters. The fraction of sp³-hybridized carbons (Fsp3) is 0.562. The minimum absolute atomic E-state index is 0. The third kappa shape index (κ3) is 3.33. The predicted octanol–water partition coefficient (Wildman–Crippen LogP) is 2.74. The molecule has 110 valence electrons. The Labute approximate surface area is 126 Å². The first-order chi connectivity index (χ1) is 9.17. The van der Waals surface area contributed by atoms with Crippen molar-refractivity contribution in [3.05, 3.63) is 35.9 Å². The van der Waals surface area contributed by atoms with Crippen LogP contribution in [-0.4, -0.2) is 17.5 Å². The van der Waals surface area contributed by atoms with Crippen LogP contribution in [0.3, 0.4) is 0 Å². The van der Waals surface area contributed by atoms with Gasteiger partial charge < -0.3 is 11.1 Å². The summed E-state index contributed by atoms with van der Waals surface area (Å²) in [7, 11) is 0. The summed E-state index contributed by atoms with van der Waals surface area (Å²) in [6.07, 6.45) is 6.15. The highest BCUT2D eigenvalue weighted by molar-refractivity contribution is 5.89. The molecule has 20 heavy (non-hydrogen) atoms. The lowest BCUT2D eigenvalue weighted by molar-refractivity contribution is -0.124. The summed E-state index contributed by atoms with van der Waals surface area (Å²) in [6, 6.07) is 11.0. The maximum Gasteiger partial charge on any atom is 0.240 e. The molecule has 1 aromatic carbocycles. The maximum absolute atomic E-state index is 11.9. The van der Waals surface area contributed by atoms with Crippen LogP contribution in [0.2, 0.25) is 0 Å². The first-order valence-corrected chi connectivity index (χ1v) is 7.32. The van der Waals surface area contributed by atoms with E-state index in [1.807, 2.05) is 0 Å². The predicted molar refractivity (Wildman–Crippen MR) is 83.0 cm³/mol. The number of nitrogens with two attached hydrogens (primary N) is 1. The van der Waals surface area contributed by atoms with Crippen molar-refractivity contribution < 1.29 is 4.79 Å². The van der Waals surface area contributed by atoms with Gasteiger partial charge in [0.2, 0.25) is 5.91 Å². The molecule has 2 saturated carbocycles. The van der Waals surface area contributed by atoms with E-state index in [-0.39, 0.29) is 18.3 Å². The number of rotatable bonds is 3. The third-order valence-corrected chi connectivity index (χ3v) is 4.57. The van der Waals surface area contributed by atoms with Crippen LogP contribution >= 0.6 is 12.4 Å². The van der Waals surface area contributed by atoms with Crippen molar-refractivity contribution in [3.63, 3.8) is 0 Å². The van der Waals surface area contributed by atoms with Gasteiger partial charge in [0.25, 0.3) is 0 Å². The Bertz CT molecular complexity index is 451. The van der Waals surface area contributed by atoms with Gasteiger partial charge in [-0.2, -0.15) is 0 Å². The van der Waals surface area contributed by atoms with Crippen LogP contribution in [0.5, 0.6) is 0 Å². The van der Waals surface area contributed by atoms with Gasteiger partial charge in [0.05, 0.1) is 5.54 Å². The average Bonchev–Trinajstić information content (AvgIpc) is 3.20. The molecule has 0 aromatic heterocycles. The summed E-state index contributed by atoms with van der Waals surface area (Å²) in [6.45, 7) is 0. The third-order valence-electron chi connectivity index (χ3n) is 4.57. The van der Waals surface area contributed by atoms with E-state index in [0.29, 0.717) is 12.0 Å². The van der Waals surface area contributed by atoms with Crippen molar-refractivity contribution in [2.45, 2.75) is 56.0 Å². The van der Waals surface area contributed by atoms with Crippen LogP contribution in [0.25, 0.3) is 0 Å². The molecule has 0 atom stereocenters. The smallest absolute Gasteiger partial charge is 0.240 e. The van der Waals surface area contributed by atoms with Crippen molar-refractivity contribution in [2.75, 3.05) is 0 Å². The molecule has 1 aromatic rings. The SMILES string of the molecule is Cl.NC1(C(=O)NC2CCC(c3ccccc3)CC2)CC1. The summed E-state index contributed by atoms with van der Waals surface area (Å²) in [5.41, 5.74) is 6.82. The maximum atomic E-state index is 11.9. The number of nitrogens with one attached hydrogen (secondary N) is 1. The van der Waals surface area contributed by atoms with E-state index in [2.05, 4.69) is 35.6 Å². The highest BCUT2D eigenvalue weighted by Gasteiger charge is 2.46. The molecule has 0 saturated heterocycles. The topological polar surface area (TPSA) is 55.1 Å². The van der Waals surface area contributed by atoms with Gasteiger partial charge in [-0.1, -0.05) is 30.3 Å². The summed E-state index contributed by atoms with van der Waals surface area (Å²) in [5.74, 6) is 0.720. The normalized spacial score (nSPS) is 27.2. The monoisotopic (exact) mass is 294 g/mol. The number of hydrogen-bond acceptors (Lipinski definition) is 2. The molecule has 0 spiro atoms. The lowest BCUT2D eigenvalue weighted by atomic mass is 9.81. The van der Waals surface area contributed by atoms with E-state index in [1.165, 1.54) is 5.56 Å². The van der Waals surface area contributed by atoms with Crippen molar-refractivity contribution in [1.29, 1.82) is 0 Å². The zero-order chi connectivity index (χ0) is 13.3. The minimum atomic E-state index is -0.531. The standard InChI is InChI=1S/C16H22N2O.ClH/c17-16(10-11-16)15(19)18-14-8-6-13(7-9-14)12-4-2-1-3-5-12;/h1-5,13-14H,6-11,17H2,(H,18,19);1H. The summed E-state index contributed by atoms with van der Waals surface area (Å²) >= 11 is 0. The second-order valence-electron chi connectivity index (χ2n) is 6.09. The van der Waals surface area contributed by atoms with Gasteiger partial charge in [0.1, 0.15) is 0 Å². The zero-order valence-electron chi connectivity index (χ0n) is 11.7. The molecular weight excluding hydrogens is 272 g/mol. The number of carbonyl (C=O) groups excluding carboxylic acids is 1. The quantitative estimate of drug-likeness (QED) is 0.900. The van der Waals surface area contributed by atoms with Crippen molar-refractivity contribution in [3.8, 4) is 0 Å². The average molecular weight is 295 g/mol. The molecule has 3 rings (SSSR count). The van der Waals surface area contributed by atoms with Crippen molar-refractivity contribution >= 4 is 18.3 Å². The first-order valence-electron chi connectivity index (χ1n) is 7.32. The molecule has 0 heterocycles. The molecule has 0 radical (unpaired) electrons. The molecule has 0 aliphatic heterocycles. The lowest BCUT2D eigenvalue weighted by Gasteiger charge is -2.30.